The molecule has 78 valence electrons. The van der Waals surface area contributed by atoms with Crippen LogP contribution in [0.2, 0.25) is 10.0 Å². The molecular formula is C10H13Cl2NO. The van der Waals surface area contributed by atoms with Crippen molar-refractivity contribution in [3.8, 4) is 0 Å². The summed E-state index contributed by atoms with van der Waals surface area (Å²) in [6, 6.07) is 5.28. The molecule has 1 aromatic carbocycles. The first-order valence-corrected chi connectivity index (χ1v) is 5.21. The van der Waals surface area contributed by atoms with E-state index in [0.717, 1.165) is 5.56 Å². The normalized spacial score (nSPS) is 12.9. The third kappa shape index (κ3) is 2.85. The molecule has 2 N–H and O–H groups in total. The van der Waals surface area contributed by atoms with E-state index in [9.17, 15) is 0 Å². The Kier molecular flexibility index (Phi) is 4.69. The highest BCUT2D eigenvalue weighted by atomic mass is 35.5. The van der Waals surface area contributed by atoms with Crippen LogP contribution in [0, 0.1) is 0 Å². The standard InChI is InChI=1S/C10H13Cl2NO/c1-2-14-10(6-13)8-5-7(11)3-4-9(8)12/h3-5,10H,2,6,13H2,1H3/t10-/m0/s1. The third-order valence-electron chi connectivity index (χ3n) is 1.89. The van der Waals surface area contributed by atoms with E-state index in [1.807, 2.05) is 6.92 Å². The number of ether oxygens (including phenoxy) is 1. The van der Waals surface area contributed by atoms with Crippen LogP contribution in [0.5, 0.6) is 0 Å². The van der Waals surface area contributed by atoms with Crippen molar-refractivity contribution in [2.75, 3.05) is 13.2 Å². The first-order chi connectivity index (χ1) is 6.69. The zero-order valence-electron chi connectivity index (χ0n) is 7.97. The highest BCUT2D eigenvalue weighted by Gasteiger charge is 2.13. The Morgan fingerprint density at radius 1 is 1.43 bits per heavy atom. The van der Waals surface area contributed by atoms with Crippen molar-refractivity contribution < 1.29 is 4.74 Å². The first kappa shape index (κ1) is 11.8. The molecule has 0 spiro atoms. The number of rotatable bonds is 4. The van der Waals surface area contributed by atoms with Gasteiger partial charge in [0.05, 0.1) is 6.10 Å². The molecule has 0 aliphatic heterocycles. The quantitative estimate of drug-likeness (QED) is 0.868. The van der Waals surface area contributed by atoms with Crippen LogP contribution in [0.1, 0.15) is 18.6 Å². The Bertz CT molecular complexity index is 304. The molecule has 4 heteroatoms. The Morgan fingerprint density at radius 2 is 2.14 bits per heavy atom. The lowest BCUT2D eigenvalue weighted by molar-refractivity contribution is 0.0689. The minimum absolute atomic E-state index is 0.175. The van der Waals surface area contributed by atoms with E-state index in [0.29, 0.717) is 23.2 Å². The smallest absolute Gasteiger partial charge is 0.0961 e. The number of nitrogens with two attached hydrogens (primary N) is 1. The second-order valence-electron chi connectivity index (χ2n) is 2.85. The molecule has 0 aliphatic carbocycles. The van der Waals surface area contributed by atoms with Gasteiger partial charge in [-0.3, -0.25) is 0 Å². The van der Waals surface area contributed by atoms with Gasteiger partial charge < -0.3 is 10.5 Å². The average molecular weight is 234 g/mol. The average Bonchev–Trinajstić information content (AvgIpc) is 2.18. The minimum atomic E-state index is -0.175. The predicted octanol–water partition coefficient (Wildman–Crippen LogP) is 3.03. The molecule has 14 heavy (non-hydrogen) atoms. The molecule has 0 saturated heterocycles. The van der Waals surface area contributed by atoms with Gasteiger partial charge in [0.15, 0.2) is 0 Å². The fourth-order valence-electron chi connectivity index (χ4n) is 1.25. The molecular weight excluding hydrogens is 221 g/mol. The van der Waals surface area contributed by atoms with E-state index in [2.05, 4.69) is 0 Å². The van der Waals surface area contributed by atoms with Crippen LogP contribution in [-0.2, 0) is 4.74 Å². The fraction of sp³-hybridized carbons (Fsp3) is 0.400. The molecule has 0 aliphatic rings. The van der Waals surface area contributed by atoms with Gasteiger partial charge in [-0.1, -0.05) is 23.2 Å². The van der Waals surface area contributed by atoms with E-state index < -0.39 is 0 Å². The van der Waals surface area contributed by atoms with Gasteiger partial charge in [0.25, 0.3) is 0 Å². The molecule has 0 heterocycles. The number of halogens is 2. The van der Waals surface area contributed by atoms with Crippen LogP contribution in [-0.4, -0.2) is 13.2 Å². The monoisotopic (exact) mass is 233 g/mol. The van der Waals surface area contributed by atoms with Gasteiger partial charge in [0, 0.05) is 28.8 Å². The molecule has 0 saturated carbocycles. The van der Waals surface area contributed by atoms with Crippen molar-refractivity contribution in [2.24, 2.45) is 5.73 Å². The van der Waals surface area contributed by atoms with Gasteiger partial charge in [-0.05, 0) is 25.1 Å². The first-order valence-electron chi connectivity index (χ1n) is 4.45. The maximum atomic E-state index is 6.01. The molecule has 1 aromatic rings. The van der Waals surface area contributed by atoms with Crippen LogP contribution in [0.3, 0.4) is 0 Å². The summed E-state index contributed by atoms with van der Waals surface area (Å²) >= 11 is 11.9. The van der Waals surface area contributed by atoms with E-state index in [-0.39, 0.29) is 6.10 Å². The molecule has 0 fully saturated rings. The molecule has 2 nitrogen and oxygen atoms in total. The molecule has 0 bridgehead atoms. The van der Waals surface area contributed by atoms with E-state index in [1.54, 1.807) is 18.2 Å². The van der Waals surface area contributed by atoms with Crippen molar-refractivity contribution in [2.45, 2.75) is 13.0 Å². The van der Waals surface area contributed by atoms with Crippen molar-refractivity contribution in [1.29, 1.82) is 0 Å². The largest absolute Gasteiger partial charge is 0.372 e. The van der Waals surface area contributed by atoms with Crippen LogP contribution in [0.25, 0.3) is 0 Å². The summed E-state index contributed by atoms with van der Waals surface area (Å²) in [5.74, 6) is 0. The van der Waals surface area contributed by atoms with Gasteiger partial charge in [-0.2, -0.15) is 0 Å². The topological polar surface area (TPSA) is 35.2 Å². The summed E-state index contributed by atoms with van der Waals surface area (Å²) in [7, 11) is 0. The second kappa shape index (κ2) is 5.56. The summed E-state index contributed by atoms with van der Waals surface area (Å²) < 4.78 is 5.44. The number of hydrogen-bond acceptors (Lipinski definition) is 2. The van der Waals surface area contributed by atoms with Crippen molar-refractivity contribution in [3.05, 3.63) is 33.8 Å². The Hall–Kier alpha value is -0.280. The van der Waals surface area contributed by atoms with Gasteiger partial charge in [0.1, 0.15) is 0 Å². The lowest BCUT2D eigenvalue weighted by atomic mass is 10.1. The fourth-order valence-corrected chi connectivity index (χ4v) is 1.67. The van der Waals surface area contributed by atoms with Crippen LogP contribution in [0.4, 0.5) is 0 Å². The van der Waals surface area contributed by atoms with Crippen LogP contribution in [0.15, 0.2) is 18.2 Å². The van der Waals surface area contributed by atoms with Crippen LogP contribution < -0.4 is 5.73 Å². The molecule has 0 unspecified atom stereocenters. The minimum Gasteiger partial charge on any atom is -0.372 e. The summed E-state index contributed by atoms with van der Waals surface area (Å²) in [6.07, 6.45) is -0.175. The lowest BCUT2D eigenvalue weighted by Gasteiger charge is -2.16. The molecule has 1 atom stereocenters. The van der Waals surface area contributed by atoms with Gasteiger partial charge in [-0.25, -0.2) is 0 Å². The van der Waals surface area contributed by atoms with Gasteiger partial charge in [-0.15, -0.1) is 0 Å². The zero-order chi connectivity index (χ0) is 10.6. The third-order valence-corrected chi connectivity index (χ3v) is 2.47. The summed E-state index contributed by atoms with van der Waals surface area (Å²) in [6.45, 7) is 2.92. The molecule has 0 amide bonds. The van der Waals surface area contributed by atoms with Crippen LogP contribution >= 0.6 is 23.2 Å². The molecule has 0 radical (unpaired) electrons. The van der Waals surface area contributed by atoms with E-state index >= 15 is 0 Å². The lowest BCUT2D eigenvalue weighted by Crippen LogP contribution is -2.16. The summed E-state index contributed by atoms with van der Waals surface area (Å²) in [5, 5.41) is 1.28. The maximum absolute atomic E-state index is 6.01. The Labute approximate surface area is 94.0 Å². The number of benzene rings is 1. The SMILES string of the molecule is CCO[C@@H](CN)c1cc(Cl)ccc1Cl. The maximum Gasteiger partial charge on any atom is 0.0961 e. The highest BCUT2D eigenvalue weighted by Crippen LogP contribution is 2.27. The van der Waals surface area contributed by atoms with E-state index in [4.69, 9.17) is 33.7 Å². The Balaban J connectivity index is 2.96. The summed E-state index contributed by atoms with van der Waals surface area (Å²) in [5.41, 5.74) is 6.43. The van der Waals surface area contributed by atoms with Gasteiger partial charge in [0.2, 0.25) is 0 Å². The number of hydrogen-bond donors (Lipinski definition) is 1. The highest BCUT2D eigenvalue weighted by molar-refractivity contribution is 6.33. The summed E-state index contributed by atoms with van der Waals surface area (Å²) in [4.78, 5) is 0. The van der Waals surface area contributed by atoms with E-state index in [1.165, 1.54) is 0 Å². The van der Waals surface area contributed by atoms with Crippen molar-refractivity contribution in [1.82, 2.24) is 0 Å². The van der Waals surface area contributed by atoms with Crippen molar-refractivity contribution in [3.63, 3.8) is 0 Å². The van der Waals surface area contributed by atoms with Gasteiger partial charge >= 0.3 is 0 Å². The van der Waals surface area contributed by atoms with Crippen molar-refractivity contribution >= 4 is 23.2 Å². The Morgan fingerprint density at radius 3 is 2.71 bits per heavy atom. The zero-order valence-corrected chi connectivity index (χ0v) is 9.48. The molecule has 0 aromatic heterocycles. The molecule has 1 rings (SSSR count). The second-order valence-corrected chi connectivity index (χ2v) is 3.69. The predicted molar refractivity (Wildman–Crippen MR) is 59.9 cm³/mol.